The van der Waals surface area contributed by atoms with E-state index in [0.717, 1.165) is 47.7 Å². The molecule has 2 aromatic heterocycles. The van der Waals surface area contributed by atoms with Crippen molar-refractivity contribution < 1.29 is 30.0 Å². The first-order valence-corrected chi connectivity index (χ1v) is 15.3. The van der Waals surface area contributed by atoms with Gasteiger partial charge in [0, 0.05) is 49.9 Å². The maximum Gasteiger partial charge on any atom is 0.162 e. The van der Waals surface area contributed by atoms with Crippen LogP contribution in [0.2, 0.25) is 0 Å². The molecule has 1 radical (unpaired) electrons. The topological polar surface area (TPSA) is 63.1 Å². The van der Waals surface area contributed by atoms with E-state index in [1.807, 2.05) is 52.4 Å². The summed E-state index contributed by atoms with van der Waals surface area (Å²) in [6.45, 7) is 17.2. The number of ketones is 1. The Kier molecular flexibility index (Phi) is 11.3. The fraction of sp³-hybridized carbons (Fsp3) is 0.432. The molecule has 5 heteroatoms. The molecule has 1 aliphatic rings. The molecule has 0 saturated heterocycles. The van der Waals surface area contributed by atoms with Crippen LogP contribution in [0.15, 0.2) is 60.8 Å². The average molecular weight is 742 g/mol. The Labute approximate surface area is 265 Å². The molecule has 0 aliphatic heterocycles. The molecule has 4 aromatic rings. The van der Waals surface area contributed by atoms with Crippen LogP contribution < -0.4 is 0 Å². The first kappa shape index (κ1) is 33.6. The van der Waals surface area contributed by atoms with Crippen LogP contribution in [0.5, 0.6) is 0 Å². The van der Waals surface area contributed by atoms with Gasteiger partial charge in [0.15, 0.2) is 5.78 Å². The van der Waals surface area contributed by atoms with Crippen molar-refractivity contribution in [2.24, 2.45) is 11.8 Å². The fourth-order valence-electron chi connectivity index (χ4n) is 6.03. The molecule has 1 aliphatic carbocycles. The van der Waals surface area contributed by atoms with E-state index in [9.17, 15) is 9.90 Å². The maximum atomic E-state index is 11.7. The summed E-state index contributed by atoms with van der Waals surface area (Å²) in [4.78, 5) is 20.8. The van der Waals surface area contributed by atoms with Gasteiger partial charge >= 0.3 is 0 Å². The Morgan fingerprint density at radius 2 is 1.60 bits per heavy atom. The standard InChI is InChI=1S/C24H21N2.C13H24O2.Ir/c1-14(2)17-9-16-6-8-26-23-19-10-15-5-7-25-13-18(15)12-20(19)24(3,4)21(11-17)22(16)23;1-5-10(6-2)12(14)9-13(15)11(7-3)8-4;/h5-9,11-14H,1-4H3;9-11,14H,5-8H2,1-4H3;/q-1;;/b;12-9-;. The minimum absolute atomic E-state index is 0. The summed E-state index contributed by atoms with van der Waals surface area (Å²) in [6, 6.07) is 14.8. The van der Waals surface area contributed by atoms with E-state index in [0.29, 0.717) is 5.92 Å². The quantitative estimate of drug-likeness (QED) is 0.111. The van der Waals surface area contributed by atoms with Gasteiger partial charge in [0.2, 0.25) is 0 Å². The van der Waals surface area contributed by atoms with Gasteiger partial charge in [0.25, 0.3) is 0 Å². The summed E-state index contributed by atoms with van der Waals surface area (Å²) in [5.41, 5.74) is 6.12. The van der Waals surface area contributed by atoms with E-state index in [1.165, 1.54) is 33.5 Å². The number of allylic oxidation sites excluding steroid dienone is 2. The number of carbonyl (C=O) groups excluding carboxylic acids is 1. The number of benzene rings is 2. The molecule has 1 N–H and O–H groups in total. The van der Waals surface area contributed by atoms with Gasteiger partial charge in [-0.15, -0.1) is 23.6 Å². The fourth-order valence-corrected chi connectivity index (χ4v) is 6.03. The summed E-state index contributed by atoms with van der Waals surface area (Å²) in [6.07, 6.45) is 10.6. The van der Waals surface area contributed by atoms with Crippen LogP contribution in [0, 0.1) is 17.9 Å². The van der Waals surface area contributed by atoms with Crippen molar-refractivity contribution >= 4 is 27.3 Å². The van der Waals surface area contributed by atoms with E-state index in [2.05, 4.69) is 63.0 Å². The second kappa shape index (κ2) is 14.1. The molecule has 42 heavy (non-hydrogen) atoms. The Morgan fingerprint density at radius 1 is 0.929 bits per heavy atom. The summed E-state index contributed by atoms with van der Waals surface area (Å²) in [5.74, 6) is 1.04. The number of aliphatic hydroxyl groups is 1. The van der Waals surface area contributed by atoms with Gasteiger partial charge in [-0.1, -0.05) is 84.0 Å². The number of hydrogen-bond donors (Lipinski definition) is 1. The molecule has 4 nitrogen and oxygen atoms in total. The number of nitrogens with zero attached hydrogens (tertiary/aromatic N) is 2. The van der Waals surface area contributed by atoms with Crippen molar-refractivity contribution in [2.45, 2.75) is 92.4 Å². The first-order chi connectivity index (χ1) is 19.6. The average Bonchev–Trinajstić information content (AvgIpc) is 2.96. The third-order valence-corrected chi connectivity index (χ3v) is 8.90. The van der Waals surface area contributed by atoms with Crippen molar-refractivity contribution in [2.75, 3.05) is 0 Å². The summed E-state index contributed by atoms with van der Waals surface area (Å²) < 4.78 is 0. The van der Waals surface area contributed by atoms with Crippen molar-refractivity contribution in [3.8, 4) is 11.3 Å². The van der Waals surface area contributed by atoms with Gasteiger partial charge in [0.1, 0.15) is 0 Å². The van der Waals surface area contributed by atoms with Crippen LogP contribution in [-0.2, 0) is 30.3 Å². The number of aliphatic hydroxyl groups excluding tert-OH is 1. The Bertz CT molecular complexity index is 1580. The Morgan fingerprint density at radius 3 is 2.21 bits per heavy atom. The molecule has 2 aromatic carbocycles. The van der Waals surface area contributed by atoms with E-state index in [4.69, 9.17) is 4.98 Å². The minimum atomic E-state index is -0.102. The van der Waals surface area contributed by atoms with Gasteiger partial charge < -0.3 is 5.11 Å². The molecule has 0 fully saturated rings. The Balaban J connectivity index is 0.000000263. The monoisotopic (exact) mass is 742 g/mol. The predicted molar refractivity (Wildman–Crippen MR) is 171 cm³/mol. The molecule has 0 amide bonds. The van der Waals surface area contributed by atoms with Crippen LogP contribution in [0.1, 0.15) is 104 Å². The second-order valence-corrected chi connectivity index (χ2v) is 12.1. The Hall–Kier alpha value is -2.88. The molecule has 225 valence electrons. The van der Waals surface area contributed by atoms with E-state index < -0.39 is 0 Å². The molecular formula is C37H45IrN2O2-. The molecule has 2 heterocycles. The molecule has 0 bridgehead atoms. The first-order valence-electron chi connectivity index (χ1n) is 15.3. The number of pyridine rings is 2. The summed E-state index contributed by atoms with van der Waals surface area (Å²) in [5, 5.41) is 14.5. The van der Waals surface area contributed by atoms with Gasteiger partial charge in [-0.05, 0) is 77.4 Å². The maximum absolute atomic E-state index is 11.7. The normalized spacial score (nSPS) is 13.6. The van der Waals surface area contributed by atoms with Crippen molar-refractivity contribution in [1.29, 1.82) is 0 Å². The van der Waals surface area contributed by atoms with Gasteiger partial charge in [0.05, 0.1) is 5.76 Å². The predicted octanol–water partition coefficient (Wildman–Crippen LogP) is 9.88. The smallest absolute Gasteiger partial charge is 0.162 e. The van der Waals surface area contributed by atoms with Crippen molar-refractivity contribution in [3.63, 3.8) is 0 Å². The van der Waals surface area contributed by atoms with Crippen LogP contribution in [0.4, 0.5) is 0 Å². The SMILES string of the molecule is CC(C)c1cc2c3c(nccc3c1)-c1[c-]c3ccncc3cc1C2(C)C.CCC(CC)C(=O)/C=C(\O)C(CC)CC.[Ir]. The van der Waals surface area contributed by atoms with E-state index in [-0.39, 0.29) is 48.9 Å². The van der Waals surface area contributed by atoms with Crippen LogP contribution in [0.3, 0.4) is 0 Å². The van der Waals surface area contributed by atoms with Crippen LogP contribution in [0.25, 0.3) is 32.8 Å². The number of aromatic nitrogens is 2. The molecule has 5 rings (SSSR count). The molecule has 0 saturated carbocycles. The molecule has 0 atom stereocenters. The minimum Gasteiger partial charge on any atom is -0.512 e. The zero-order chi connectivity index (χ0) is 29.9. The largest absolute Gasteiger partial charge is 0.512 e. The number of hydrogen-bond acceptors (Lipinski definition) is 4. The zero-order valence-corrected chi connectivity index (χ0v) is 28.7. The number of fused-ring (bicyclic) bond motifs is 3. The third kappa shape index (κ3) is 6.53. The van der Waals surface area contributed by atoms with Gasteiger partial charge in [-0.3, -0.25) is 14.8 Å². The van der Waals surface area contributed by atoms with E-state index in [1.54, 1.807) is 0 Å². The second-order valence-electron chi connectivity index (χ2n) is 12.1. The number of rotatable bonds is 8. The summed E-state index contributed by atoms with van der Waals surface area (Å²) >= 11 is 0. The molecule has 0 spiro atoms. The van der Waals surface area contributed by atoms with Crippen LogP contribution in [-0.4, -0.2) is 20.9 Å². The van der Waals surface area contributed by atoms with Crippen molar-refractivity contribution in [1.82, 2.24) is 9.97 Å². The van der Waals surface area contributed by atoms with Crippen LogP contribution >= 0.6 is 0 Å². The van der Waals surface area contributed by atoms with Crippen molar-refractivity contribution in [3.05, 3.63) is 83.5 Å². The molecular weight excluding hydrogens is 697 g/mol. The molecule has 0 unspecified atom stereocenters. The third-order valence-electron chi connectivity index (χ3n) is 8.90. The van der Waals surface area contributed by atoms with E-state index >= 15 is 0 Å². The summed E-state index contributed by atoms with van der Waals surface area (Å²) in [7, 11) is 0. The van der Waals surface area contributed by atoms with Gasteiger partial charge in [-0.2, -0.15) is 0 Å². The number of carbonyl (C=O) groups is 1. The van der Waals surface area contributed by atoms with Gasteiger partial charge in [-0.25, -0.2) is 0 Å². The zero-order valence-electron chi connectivity index (χ0n) is 26.3.